The fourth-order valence-electron chi connectivity index (χ4n) is 5.72. The molecule has 7 rings (SSSR count). The Morgan fingerprint density at radius 3 is 1.61 bits per heavy atom. The van der Waals surface area contributed by atoms with Gasteiger partial charge in [-0.3, -0.25) is 14.8 Å². The van der Waals surface area contributed by atoms with Crippen molar-refractivity contribution in [3.8, 4) is 11.8 Å². The number of anilines is 2. The van der Waals surface area contributed by atoms with Gasteiger partial charge < -0.3 is 42.2 Å². The minimum Gasteiger partial charge on any atom is -0.476 e. The zero-order valence-electron chi connectivity index (χ0n) is 36.7. The third kappa shape index (κ3) is 17.3. The zero-order chi connectivity index (χ0) is 48.8. The smallest absolute Gasteiger partial charge is 0.356 e. The number of nitrogens with two attached hydrogens (primary N) is 3. The fourth-order valence-corrected chi connectivity index (χ4v) is 7.76. The second-order valence-electron chi connectivity index (χ2n) is 14.5. The van der Waals surface area contributed by atoms with E-state index >= 15 is 0 Å². The van der Waals surface area contributed by atoms with Gasteiger partial charge in [-0.2, -0.15) is 0 Å². The van der Waals surface area contributed by atoms with Gasteiger partial charge in [-0.15, -0.1) is 13.2 Å². The molecule has 0 saturated heterocycles. The number of hydrogen-bond acceptors (Lipinski definition) is 18. The van der Waals surface area contributed by atoms with Gasteiger partial charge in [-0.1, -0.05) is 71.5 Å². The number of ether oxygens (including phenoxy) is 2. The maximum absolute atomic E-state index is 12.5. The molecule has 2 atom stereocenters. The van der Waals surface area contributed by atoms with Crippen LogP contribution in [0.2, 0.25) is 5.15 Å². The molecule has 1 amide bonds. The lowest BCUT2D eigenvalue weighted by Crippen LogP contribution is -2.28. The molecule has 67 heavy (non-hydrogen) atoms. The van der Waals surface area contributed by atoms with E-state index in [0.29, 0.717) is 53.8 Å². The van der Waals surface area contributed by atoms with E-state index in [4.69, 9.17) is 48.5 Å². The number of aromatic nitrogens is 6. The SMILES string of the molecule is C=CCCOc1cnc(C(=O)Nc2cccc([C@]3(C)CCSC(N)=N3)c2)cn1.C=CCCOc1cnc(C(=O)O)cn1.CC1(c2cccc(N)c2)CCSC(N)=N1.O=C(O)c1cnc(Cl)cn1. The number of nitrogens with one attached hydrogen (secondary N) is 1. The van der Waals surface area contributed by atoms with E-state index in [1.165, 1.54) is 24.8 Å². The first-order valence-electron chi connectivity index (χ1n) is 20.3. The molecule has 2 aliphatic heterocycles. The molecule has 5 heterocycles. The van der Waals surface area contributed by atoms with Gasteiger partial charge in [0.1, 0.15) is 10.8 Å². The van der Waals surface area contributed by atoms with Crippen molar-refractivity contribution in [1.29, 1.82) is 0 Å². The van der Waals surface area contributed by atoms with Crippen LogP contribution in [0.1, 0.15) is 82.1 Å². The monoisotopic (exact) mass is 970 g/mol. The molecule has 3 aromatic heterocycles. The summed E-state index contributed by atoms with van der Waals surface area (Å²) in [5.74, 6) is 0.0737. The summed E-state index contributed by atoms with van der Waals surface area (Å²) in [5, 5.41) is 21.2. The summed E-state index contributed by atoms with van der Waals surface area (Å²) in [6, 6.07) is 15.5. The minimum atomic E-state index is -1.11. The fraction of sp³-hybridized carbons (Fsp3) is 0.267. The number of aliphatic imine (C=N–C) groups is 2. The first kappa shape index (κ1) is 52.5. The van der Waals surface area contributed by atoms with Crippen LogP contribution in [0.3, 0.4) is 0 Å². The molecular formula is C45H51ClN12O7S2. The Labute approximate surface area is 400 Å². The standard InChI is InChI=1S/C20H23N5O2S.C11H15N3S.C9H10N2O3.C5H3ClN2O2/c1-3-4-9-27-17-13-22-16(12-23-17)18(26)24-15-7-5-6-14(11-15)20(2)8-10-28-19(21)25-20;1-11(5-6-15-10(13)14-11)8-3-2-4-9(12)7-8;1-2-3-4-14-8-6-10-7(5-11-8)9(12)13;6-4-2-7-3(1-8-4)5(9)10/h3,5-7,11-13H,1,4,8-10H2,2H3,(H2,21,25)(H,24,26);2-4,7H,5-6,12H2,1H3,(H2,13,14);2,5-6H,1,3-4H2,(H,12,13);1-2H,(H,9,10)/t20-;;;/m0.../s1. The summed E-state index contributed by atoms with van der Waals surface area (Å²) < 4.78 is 10.5. The predicted octanol–water partition coefficient (Wildman–Crippen LogP) is 7.24. The van der Waals surface area contributed by atoms with Gasteiger partial charge in [0.25, 0.3) is 5.91 Å². The summed E-state index contributed by atoms with van der Waals surface area (Å²) >= 11 is 8.53. The van der Waals surface area contributed by atoms with Crippen molar-refractivity contribution in [3.05, 3.63) is 144 Å². The number of benzene rings is 2. The van der Waals surface area contributed by atoms with Crippen LogP contribution >= 0.6 is 35.1 Å². The Balaban J connectivity index is 0.000000212. The van der Waals surface area contributed by atoms with Crippen molar-refractivity contribution in [1.82, 2.24) is 29.9 Å². The topological polar surface area (TPSA) is 302 Å². The molecule has 2 aliphatic rings. The number of hydrogen-bond donors (Lipinski definition) is 6. The number of aromatic carboxylic acids is 2. The first-order chi connectivity index (χ1) is 32.0. The number of nitrogen functional groups attached to an aromatic ring is 1. The average Bonchev–Trinajstić information content (AvgIpc) is 3.30. The lowest BCUT2D eigenvalue weighted by Gasteiger charge is -2.30. The van der Waals surface area contributed by atoms with Crippen LogP contribution in [0.15, 0.2) is 121 Å². The van der Waals surface area contributed by atoms with Crippen molar-refractivity contribution in [2.24, 2.45) is 21.5 Å². The number of amides is 1. The van der Waals surface area contributed by atoms with E-state index in [-0.39, 0.29) is 39.2 Å². The largest absolute Gasteiger partial charge is 0.476 e. The number of halogens is 1. The summed E-state index contributed by atoms with van der Waals surface area (Å²) in [4.78, 5) is 64.9. The number of carboxylic acid groups (broad SMARTS) is 2. The predicted molar refractivity (Wildman–Crippen MR) is 263 cm³/mol. The number of carbonyl (C=O) groups is 3. The molecule has 0 bridgehead atoms. The van der Waals surface area contributed by atoms with Crippen molar-refractivity contribution in [3.63, 3.8) is 0 Å². The number of amidine groups is 2. The van der Waals surface area contributed by atoms with Crippen molar-refractivity contribution in [2.75, 3.05) is 35.8 Å². The van der Waals surface area contributed by atoms with Gasteiger partial charge in [-0.25, -0.2) is 39.5 Å². The highest BCUT2D eigenvalue weighted by molar-refractivity contribution is 8.14. The molecule has 1 unspecified atom stereocenters. The highest BCUT2D eigenvalue weighted by Crippen LogP contribution is 2.37. The number of thioether (sulfide) groups is 2. The Morgan fingerprint density at radius 2 is 1.18 bits per heavy atom. The van der Waals surface area contributed by atoms with Crippen molar-refractivity contribution in [2.45, 2.75) is 50.6 Å². The van der Waals surface area contributed by atoms with Gasteiger partial charge in [0.15, 0.2) is 21.7 Å². The van der Waals surface area contributed by atoms with Gasteiger partial charge in [0.2, 0.25) is 11.8 Å². The molecule has 0 spiro atoms. The average molecular weight is 972 g/mol. The van der Waals surface area contributed by atoms with E-state index < -0.39 is 11.9 Å². The van der Waals surface area contributed by atoms with Crippen LogP contribution in [0.4, 0.5) is 11.4 Å². The highest BCUT2D eigenvalue weighted by atomic mass is 35.5. The molecule has 19 nitrogen and oxygen atoms in total. The summed E-state index contributed by atoms with van der Waals surface area (Å²) in [7, 11) is 0. The summed E-state index contributed by atoms with van der Waals surface area (Å²) in [6.45, 7) is 12.3. The van der Waals surface area contributed by atoms with Crippen LogP contribution in [0.25, 0.3) is 0 Å². The first-order valence-corrected chi connectivity index (χ1v) is 22.7. The Bertz CT molecular complexity index is 2520. The molecular weight excluding hydrogens is 920 g/mol. The lowest BCUT2D eigenvalue weighted by atomic mass is 9.89. The normalized spacial score (nSPS) is 17.1. The van der Waals surface area contributed by atoms with Gasteiger partial charge >= 0.3 is 11.9 Å². The number of carboxylic acids is 2. The van der Waals surface area contributed by atoms with Crippen molar-refractivity contribution >= 4 is 74.7 Å². The molecule has 0 saturated carbocycles. The number of carbonyl (C=O) groups excluding carboxylic acids is 1. The molecule has 0 radical (unpaired) electrons. The van der Waals surface area contributed by atoms with E-state index in [0.717, 1.165) is 53.6 Å². The lowest BCUT2D eigenvalue weighted by molar-refractivity contribution is 0.0679. The molecule has 352 valence electrons. The van der Waals surface area contributed by atoms with Crippen LogP contribution in [-0.2, 0) is 11.1 Å². The van der Waals surface area contributed by atoms with E-state index in [9.17, 15) is 14.4 Å². The van der Waals surface area contributed by atoms with E-state index in [1.807, 2.05) is 42.5 Å². The third-order valence-corrected chi connectivity index (χ3v) is 11.1. The van der Waals surface area contributed by atoms with Gasteiger partial charge in [-0.05, 0) is 74.9 Å². The van der Waals surface area contributed by atoms with Crippen LogP contribution in [0, 0.1) is 0 Å². The molecule has 22 heteroatoms. The van der Waals surface area contributed by atoms with E-state index in [1.54, 1.807) is 35.7 Å². The van der Waals surface area contributed by atoms with Gasteiger partial charge in [0, 0.05) is 22.9 Å². The van der Waals surface area contributed by atoms with E-state index in [2.05, 4.69) is 78.3 Å². The van der Waals surface area contributed by atoms with Crippen LogP contribution in [0.5, 0.6) is 11.8 Å². The van der Waals surface area contributed by atoms with Crippen LogP contribution < -0.4 is 32.0 Å². The molecule has 5 aromatic rings. The maximum Gasteiger partial charge on any atom is 0.356 e. The quantitative estimate of drug-likeness (QED) is 0.0363. The second kappa shape index (κ2) is 26.1. The Kier molecular flexibility index (Phi) is 20.5. The summed E-state index contributed by atoms with van der Waals surface area (Å²) in [6.07, 6.45) is 14.4. The highest BCUT2D eigenvalue weighted by Gasteiger charge is 2.30. The molecule has 0 fully saturated rings. The minimum absolute atomic E-state index is 0.0962. The maximum atomic E-state index is 12.5. The Hall–Kier alpha value is -7.10. The van der Waals surface area contributed by atoms with Crippen molar-refractivity contribution < 1.29 is 34.1 Å². The summed E-state index contributed by atoms with van der Waals surface area (Å²) in [5.41, 5.74) is 20.5. The van der Waals surface area contributed by atoms with Crippen LogP contribution in [-0.4, -0.2) is 93.0 Å². The third-order valence-electron chi connectivity index (χ3n) is 9.33. The zero-order valence-corrected chi connectivity index (χ0v) is 39.1. The van der Waals surface area contributed by atoms with Gasteiger partial charge in [0.05, 0.1) is 61.5 Å². The second-order valence-corrected chi connectivity index (χ2v) is 17.1. The molecule has 2 aromatic carbocycles. The Morgan fingerprint density at radius 1 is 0.701 bits per heavy atom. The molecule has 0 aliphatic carbocycles. The number of rotatable bonds is 14. The number of nitrogens with zero attached hydrogens (tertiary/aromatic N) is 8. The molecule has 9 N–H and O–H groups in total.